The summed E-state index contributed by atoms with van der Waals surface area (Å²) >= 11 is 0. The first kappa shape index (κ1) is 26.6. The van der Waals surface area contributed by atoms with Crippen molar-refractivity contribution in [2.24, 2.45) is 0 Å². The summed E-state index contributed by atoms with van der Waals surface area (Å²) < 4.78 is 61.0. The number of nitrogens with zero attached hydrogens (tertiary/aromatic N) is 3. The van der Waals surface area contributed by atoms with Crippen molar-refractivity contribution in [3.8, 4) is 0 Å². The minimum absolute atomic E-state index is 0.0521. The highest BCUT2D eigenvalue weighted by atomic mass is 32.2. The van der Waals surface area contributed by atoms with E-state index in [1.807, 2.05) is 6.07 Å². The molecule has 202 valence electrons. The molecule has 1 aromatic heterocycles. The molecule has 2 aromatic carbocycles. The Morgan fingerprint density at radius 3 is 2.47 bits per heavy atom. The predicted molar refractivity (Wildman–Crippen MR) is 139 cm³/mol. The topological polar surface area (TPSA) is 92.5 Å². The van der Waals surface area contributed by atoms with Gasteiger partial charge in [0.05, 0.1) is 11.8 Å². The van der Waals surface area contributed by atoms with E-state index in [1.54, 1.807) is 38.1 Å². The predicted octanol–water partition coefficient (Wildman–Crippen LogP) is 4.06. The standard InChI is InChI=1S/C28H31F2N3O4S/c1-19-8-9-25(20-6-4-3-5-7-20)38(36,37)33(19)15-21-12-24(30)22(13-23(21)29)28(16-27(2,35)17-28)18-32-11-10-31-14-26(32)34/h3-7,10-14,19,25,35H,8-9,15-18H2,1-2H3/t19-,25+,27?,28?/m0/s1. The zero-order valence-electron chi connectivity index (χ0n) is 21.3. The summed E-state index contributed by atoms with van der Waals surface area (Å²) in [6.07, 6.45) is 5.39. The van der Waals surface area contributed by atoms with Gasteiger partial charge in [-0.05, 0) is 62.8 Å². The summed E-state index contributed by atoms with van der Waals surface area (Å²) in [5.74, 6) is -1.42. The Balaban J connectivity index is 1.47. The molecule has 2 heterocycles. The summed E-state index contributed by atoms with van der Waals surface area (Å²) in [6.45, 7) is 3.16. The summed E-state index contributed by atoms with van der Waals surface area (Å²) in [6, 6.07) is 10.7. The number of aliphatic hydroxyl groups is 1. The monoisotopic (exact) mass is 543 g/mol. The molecule has 0 radical (unpaired) electrons. The fourth-order valence-electron chi connectivity index (χ4n) is 6.26. The minimum Gasteiger partial charge on any atom is -0.390 e. The molecule has 2 atom stereocenters. The molecule has 7 nitrogen and oxygen atoms in total. The van der Waals surface area contributed by atoms with E-state index in [9.17, 15) is 18.3 Å². The fraction of sp³-hybridized carbons (Fsp3) is 0.429. The smallest absolute Gasteiger partial charge is 0.269 e. The molecular weight excluding hydrogens is 512 g/mol. The van der Waals surface area contributed by atoms with Crippen molar-refractivity contribution in [2.45, 2.75) is 74.9 Å². The first-order valence-electron chi connectivity index (χ1n) is 12.7. The summed E-state index contributed by atoms with van der Waals surface area (Å²) in [4.78, 5) is 16.1. The molecule has 1 aliphatic heterocycles. The maximum Gasteiger partial charge on any atom is 0.269 e. The van der Waals surface area contributed by atoms with Crippen molar-refractivity contribution < 1.29 is 22.3 Å². The van der Waals surface area contributed by atoms with Crippen LogP contribution in [0.4, 0.5) is 8.78 Å². The largest absolute Gasteiger partial charge is 0.390 e. The summed E-state index contributed by atoms with van der Waals surface area (Å²) in [7, 11) is -3.82. The Bertz CT molecular complexity index is 1500. The molecule has 2 aliphatic rings. The van der Waals surface area contributed by atoms with E-state index >= 15 is 8.78 Å². The molecule has 1 saturated heterocycles. The van der Waals surface area contributed by atoms with E-state index in [-0.39, 0.29) is 48.7 Å². The van der Waals surface area contributed by atoms with E-state index < -0.39 is 37.9 Å². The van der Waals surface area contributed by atoms with Crippen molar-refractivity contribution in [1.29, 1.82) is 0 Å². The average Bonchev–Trinajstić information content (AvgIpc) is 2.84. The lowest BCUT2D eigenvalue weighted by Gasteiger charge is -2.52. The van der Waals surface area contributed by atoms with Gasteiger partial charge in [0.15, 0.2) is 0 Å². The normalized spacial score (nSPS) is 29.1. The molecule has 0 spiro atoms. The number of hydrogen-bond acceptors (Lipinski definition) is 5. The number of sulfonamides is 1. The third kappa shape index (κ3) is 4.81. The van der Waals surface area contributed by atoms with E-state index in [0.29, 0.717) is 18.4 Å². The molecule has 0 unspecified atom stereocenters. The van der Waals surface area contributed by atoms with Crippen LogP contribution in [0.3, 0.4) is 0 Å². The van der Waals surface area contributed by atoms with Crippen LogP contribution in [0.25, 0.3) is 0 Å². The third-order valence-corrected chi connectivity index (χ3v) is 10.3. The number of hydrogen-bond donors (Lipinski definition) is 1. The van der Waals surface area contributed by atoms with E-state index in [2.05, 4.69) is 4.98 Å². The van der Waals surface area contributed by atoms with Crippen LogP contribution in [0.5, 0.6) is 0 Å². The molecular formula is C28H31F2N3O4S. The third-order valence-electron chi connectivity index (χ3n) is 7.94. The fourth-order valence-corrected chi connectivity index (χ4v) is 8.45. The lowest BCUT2D eigenvalue weighted by Crippen LogP contribution is -2.56. The summed E-state index contributed by atoms with van der Waals surface area (Å²) in [5, 5.41) is 9.76. The second-order valence-corrected chi connectivity index (χ2v) is 13.1. The Hall–Kier alpha value is -2.95. The Morgan fingerprint density at radius 2 is 1.82 bits per heavy atom. The van der Waals surface area contributed by atoms with Gasteiger partial charge in [-0.15, -0.1) is 0 Å². The van der Waals surface area contributed by atoms with Crippen LogP contribution in [-0.4, -0.2) is 39.0 Å². The maximum absolute atomic E-state index is 15.7. The molecule has 10 heteroatoms. The SMILES string of the molecule is C[C@H]1CC[C@H](c2ccccc2)S(=O)(=O)N1Cc1cc(F)c(C2(Cn3ccncc3=O)CC(C)(O)C2)cc1F. The number of halogens is 2. The van der Waals surface area contributed by atoms with Crippen LogP contribution in [0.2, 0.25) is 0 Å². The molecule has 0 amide bonds. The first-order chi connectivity index (χ1) is 17.9. The summed E-state index contributed by atoms with van der Waals surface area (Å²) in [5.41, 5.74) is -1.78. The van der Waals surface area contributed by atoms with Crippen LogP contribution < -0.4 is 5.56 Å². The molecule has 0 bridgehead atoms. The van der Waals surface area contributed by atoms with Crippen LogP contribution >= 0.6 is 0 Å². The lowest BCUT2D eigenvalue weighted by atomic mass is 9.56. The minimum atomic E-state index is -3.82. The molecule has 2 fully saturated rings. The molecule has 5 rings (SSSR count). The highest BCUT2D eigenvalue weighted by Gasteiger charge is 2.53. The van der Waals surface area contributed by atoms with Crippen LogP contribution in [0.1, 0.15) is 61.5 Å². The number of aromatic nitrogens is 2. The second kappa shape index (κ2) is 9.66. The van der Waals surface area contributed by atoms with Gasteiger partial charge in [0.1, 0.15) is 16.9 Å². The van der Waals surface area contributed by atoms with Gasteiger partial charge in [0.25, 0.3) is 5.56 Å². The van der Waals surface area contributed by atoms with Gasteiger partial charge in [-0.1, -0.05) is 30.3 Å². The van der Waals surface area contributed by atoms with Crippen LogP contribution in [0, 0.1) is 11.6 Å². The van der Waals surface area contributed by atoms with Crippen molar-refractivity contribution in [2.75, 3.05) is 0 Å². The Morgan fingerprint density at radius 1 is 1.11 bits per heavy atom. The lowest BCUT2D eigenvalue weighted by molar-refractivity contribution is -0.0835. The van der Waals surface area contributed by atoms with Gasteiger partial charge in [0, 0.05) is 42.5 Å². The maximum atomic E-state index is 15.7. The van der Waals surface area contributed by atoms with Gasteiger partial charge in [-0.25, -0.2) is 17.2 Å². The highest BCUT2D eigenvalue weighted by molar-refractivity contribution is 7.89. The molecule has 1 aliphatic carbocycles. The van der Waals surface area contributed by atoms with Gasteiger partial charge < -0.3 is 9.67 Å². The van der Waals surface area contributed by atoms with E-state index in [4.69, 9.17) is 0 Å². The van der Waals surface area contributed by atoms with E-state index in [0.717, 1.165) is 18.3 Å². The first-order valence-corrected chi connectivity index (χ1v) is 14.2. The molecule has 1 N–H and O–H groups in total. The molecule has 38 heavy (non-hydrogen) atoms. The van der Waals surface area contributed by atoms with Crippen molar-refractivity contribution in [1.82, 2.24) is 13.9 Å². The van der Waals surface area contributed by atoms with Crippen molar-refractivity contribution in [3.63, 3.8) is 0 Å². The van der Waals surface area contributed by atoms with Crippen LogP contribution in [0.15, 0.2) is 65.8 Å². The Labute approximate surface area is 220 Å². The molecule has 1 saturated carbocycles. The quantitative estimate of drug-likeness (QED) is 0.506. The van der Waals surface area contributed by atoms with Crippen LogP contribution in [-0.2, 0) is 28.5 Å². The molecule has 3 aromatic rings. The second-order valence-electron chi connectivity index (χ2n) is 11.0. The van der Waals surface area contributed by atoms with E-state index in [1.165, 1.54) is 21.3 Å². The van der Waals surface area contributed by atoms with Gasteiger partial charge in [0.2, 0.25) is 10.0 Å². The zero-order chi connectivity index (χ0) is 27.3. The number of rotatable bonds is 6. The van der Waals surface area contributed by atoms with Gasteiger partial charge in [-0.3, -0.25) is 9.78 Å². The highest BCUT2D eigenvalue weighted by Crippen LogP contribution is 2.52. The van der Waals surface area contributed by atoms with Gasteiger partial charge >= 0.3 is 0 Å². The van der Waals surface area contributed by atoms with Gasteiger partial charge in [-0.2, -0.15) is 4.31 Å². The Kier molecular flexibility index (Phi) is 6.77. The zero-order valence-corrected chi connectivity index (χ0v) is 22.2. The van der Waals surface area contributed by atoms with Crippen molar-refractivity contribution >= 4 is 10.0 Å². The van der Waals surface area contributed by atoms with Crippen molar-refractivity contribution in [3.05, 3.63) is 99.7 Å². The number of benzene rings is 2. The average molecular weight is 544 g/mol.